The molecule has 0 aliphatic rings. The number of benzene rings is 2. The first kappa shape index (κ1) is 24.6. The van der Waals surface area contributed by atoms with E-state index in [1.165, 1.54) is 5.56 Å². The van der Waals surface area contributed by atoms with E-state index in [0.717, 1.165) is 37.7 Å². The van der Waals surface area contributed by atoms with Crippen LogP contribution >= 0.6 is 0 Å². The summed E-state index contributed by atoms with van der Waals surface area (Å²) in [5.74, 6) is -1.44. The number of hydrogen-bond acceptors (Lipinski definition) is 3. The second-order valence-electron chi connectivity index (χ2n) is 8.62. The fourth-order valence-corrected chi connectivity index (χ4v) is 3.90. The van der Waals surface area contributed by atoms with Crippen molar-refractivity contribution in [2.24, 2.45) is 11.8 Å². The third-order valence-corrected chi connectivity index (χ3v) is 5.52. The SMILES string of the molecule is CC(C)CC(CCCCc1ccccc1)NC(=O)C(CCc1ccccc1)C(=O)NO. The van der Waals surface area contributed by atoms with Crippen LogP contribution in [-0.4, -0.2) is 23.1 Å². The lowest BCUT2D eigenvalue weighted by molar-refractivity contribution is -0.141. The van der Waals surface area contributed by atoms with Crippen molar-refractivity contribution in [1.29, 1.82) is 0 Å². The largest absolute Gasteiger partial charge is 0.353 e. The van der Waals surface area contributed by atoms with Gasteiger partial charge in [0.15, 0.2) is 0 Å². The molecule has 0 fully saturated rings. The Labute approximate surface area is 186 Å². The maximum atomic E-state index is 12.9. The van der Waals surface area contributed by atoms with Crippen LogP contribution < -0.4 is 10.8 Å². The van der Waals surface area contributed by atoms with Gasteiger partial charge in [-0.05, 0) is 55.6 Å². The average molecular weight is 425 g/mol. The zero-order valence-electron chi connectivity index (χ0n) is 18.7. The Hall–Kier alpha value is -2.66. The van der Waals surface area contributed by atoms with Gasteiger partial charge in [0, 0.05) is 6.04 Å². The van der Waals surface area contributed by atoms with Gasteiger partial charge in [-0.3, -0.25) is 14.8 Å². The van der Waals surface area contributed by atoms with Crippen molar-refractivity contribution >= 4 is 11.8 Å². The minimum Gasteiger partial charge on any atom is -0.353 e. The molecule has 5 nitrogen and oxygen atoms in total. The average Bonchev–Trinajstić information content (AvgIpc) is 2.77. The molecular formula is C26H36N2O3. The van der Waals surface area contributed by atoms with Gasteiger partial charge in [0.25, 0.3) is 5.91 Å². The van der Waals surface area contributed by atoms with Crippen molar-refractivity contribution in [3.63, 3.8) is 0 Å². The van der Waals surface area contributed by atoms with Gasteiger partial charge in [0.1, 0.15) is 5.92 Å². The number of amides is 2. The molecule has 168 valence electrons. The molecule has 0 aromatic heterocycles. The van der Waals surface area contributed by atoms with Crippen LogP contribution in [0.15, 0.2) is 60.7 Å². The molecule has 5 heteroatoms. The highest BCUT2D eigenvalue weighted by molar-refractivity contribution is 5.99. The smallest absolute Gasteiger partial charge is 0.255 e. The Balaban J connectivity index is 1.90. The highest BCUT2D eigenvalue weighted by Crippen LogP contribution is 2.16. The molecule has 0 spiro atoms. The van der Waals surface area contributed by atoms with E-state index in [2.05, 4.69) is 43.4 Å². The van der Waals surface area contributed by atoms with Crippen LogP contribution in [0.25, 0.3) is 0 Å². The molecule has 0 saturated carbocycles. The predicted octanol–water partition coefficient (Wildman–Crippen LogP) is 4.68. The van der Waals surface area contributed by atoms with Crippen molar-refractivity contribution in [3.05, 3.63) is 71.8 Å². The van der Waals surface area contributed by atoms with Gasteiger partial charge >= 0.3 is 0 Å². The lowest BCUT2D eigenvalue weighted by Gasteiger charge is -2.23. The van der Waals surface area contributed by atoms with E-state index in [9.17, 15) is 9.59 Å². The summed E-state index contributed by atoms with van der Waals surface area (Å²) in [5.41, 5.74) is 4.05. The number of nitrogens with one attached hydrogen (secondary N) is 2. The summed E-state index contributed by atoms with van der Waals surface area (Å²) >= 11 is 0. The van der Waals surface area contributed by atoms with E-state index < -0.39 is 11.8 Å². The molecule has 2 atom stereocenters. The third-order valence-electron chi connectivity index (χ3n) is 5.52. The fraction of sp³-hybridized carbons (Fsp3) is 0.462. The third kappa shape index (κ3) is 9.35. The Kier molecular flexibility index (Phi) is 10.8. The molecular weight excluding hydrogens is 388 g/mol. The molecule has 2 unspecified atom stereocenters. The van der Waals surface area contributed by atoms with E-state index in [-0.39, 0.29) is 11.9 Å². The van der Waals surface area contributed by atoms with Crippen molar-refractivity contribution in [1.82, 2.24) is 10.8 Å². The molecule has 2 aromatic rings. The molecule has 2 rings (SSSR count). The molecule has 0 saturated heterocycles. The zero-order valence-corrected chi connectivity index (χ0v) is 18.7. The van der Waals surface area contributed by atoms with Crippen LogP contribution in [-0.2, 0) is 22.4 Å². The lowest BCUT2D eigenvalue weighted by Crippen LogP contribution is -2.45. The van der Waals surface area contributed by atoms with E-state index in [0.29, 0.717) is 18.8 Å². The van der Waals surface area contributed by atoms with Gasteiger partial charge in [-0.1, -0.05) is 80.9 Å². The molecule has 31 heavy (non-hydrogen) atoms. The highest BCUT2D eigenvalue weighted by atomic mass is 16.5. The summed E-state index contributed by atoms with van der Waals surface area (Å²) in [7, 11) is 0. The van der Waals surface area contributed by atoms with Gasteiger partial charge in [-0.15, -0.1) is 0 Å². The summed E-state index contributed by atoms with van der Waals surface area (Å²) in [4.78, 5) is 25.1. The van der Waals surface area contributed by atoms with Crippen molar-refractivity contribution < 1.29 is 14.8 Å². The molecule has 0 aliphatic heterocycles. The standard InChI is InChI=1S/C26H36N2O3/c1-20(2)19-23(16-10-9-15-21-11-5-3-6-12-21)27-25(29)24(26(30)28-31)18-17-22-13-7-4-8-14-22/h3-8,11-14,20,23-24,31H,9-10,15-19H2,1-2H3,(H,27,29)(H,28,30). The highest BCUT2D eigenvalue weighted by Gasteiger charge is 2.28. The number of carbonyl (C=O) groups is 2. The Bertz CT molecular complexity index is 778. The summed E-state index contributed by atoms with van der Waals surface area (Å²) in [6.07, 6.45) is 5.78. The Morgan fingerprint density at radius 2 is 1.39 bits per heavy atom. The zero-order chi connectivity index (χ0) is 22.5. The van der Waals surface area contributed by atoms with Crippen LogP contribution in [0.4, 0.5) is 0 Å². The van der Waals surface area contributed by atoms with Gasteiger partial charge in [-0.25, -0.2) is 5.48 Å². The van der Waals surface area contributed by atoms with E-state index in [4.69, 9.17) is 5.21 Å². The van der Waals surface area contributed by atoms with Crippen molar-refractivity contribution in [3.8, 4) is 0 Å². The van der Waals surface area contributed by atoms with Gasteiger partial charge in [0.2, 0.25) is 5.91 Å². The second-order valence-corrected chi connectivity index (χ2v) is 8.62. The van der Waals surface area contributed by atoms with Gasteiger partial charge in [-0.2, -0.15) is 0 Å². The van der Waals surface area contributed by atoms with Crippen LogP contribution in [0, 0.1) is 11.8 Å². The number of rotatable bonds is 13. The van der Waals surface area contributed by atoms with Gasteiger partial charge in [0.05, 0.1) is 0 Å². The molecule has 2 amide bonds. The van der Waals surface area contributed by atoms with Crippen LogP contribution in [0.1, 0.15) is 57.1 Å². The number of unbranched alkanes of at least 4 members (excludes halogenated alkanes) is 1. The molecule has 0 aliphatic carbocycles. The van der Waals surface area contributed by atoms with Crippen LogP contribution in [0.5, 0.6) is 0 Å². The number of hydrogen-bond donors (Lipinski definition) is 3. The van der Waals surface area contributed by atoms with E-state index >= 15 is 0 Å². The summed E-state index contributed by atoms with van der Waals surface area (Å²) < 4.78 is 0. The quantitative estimate of drug-likeness (QED) is 0.189. The van der Waals surface area contributed by atoms with Crippen LogP contribution in [0.2, 0.25) is 0 Å². The maximum Gasteiger partial charge on any atom is 0.255 e. The number of carbonyl (C=O) groups excluding carboxylic acids is 2. The van der Waals surface area contributed by atoms with Crippen LogP contribution in [0.3, 0.4) is 0 Å². The Morgan fingerprint density at radius 3 is 1.94 bits per heavy atom. The van der Waals surface area contributed by atoms with E-state index in [1.54, 1.807) is 5.48 Å². The normalized spacial score (nSPS) is 12.9. The monoisotopic (exact) mass is 424 g/mol. The fourth-order valence-electron chi connectivity index (χ4n) is 3.90. The Morgan fingerprint density at radius 1 is 0.806 bits per heavy atom. The molecule has 0 radical (unpaired) electrons. The van der Waals surface area contributed by atoms with Crippen molar-refractivity contribution in [2.45, 2.75) is 64.8 Å². The summed E-state index contributed by atoms with van der Waals surface area (Å²) in [5, 5.41) is 12.2. The molecule has 0 heterocycles. The summed E-state index contributed by atoms with van der Waals surface area (Å²) in [6, 6.07) is 20.2. The van der Waals surface area contributed by atoms with Gasteiger partial charge < -0.3 is 5.32 Å². The first-order chi connectivity index (χ1) is 15.0. The summed E-state index contributed by atoms with van der Waals surface area (Å²) in [6.45, 7) is 4.27. The molecule has 2 aromatic carbocycles. The topological polar surface area (TPSA) is 78.4 Å². The van der Waals surface area contributed by atoms with Crippen molar-refractivity contribution in [2.75, 3.05) is 0 Å². The predicted molar refractivity (Wildman–Crippen MR) is 124 cm³/mol. The first-order valence-electron chi connectivity index (χ1n) is 11.3. The number of aryl methyl sites for hydroxylation is 2. The minimum atomic E-state index is -0.913. The van der Waals surface area contributed by atoms with E-state index in [1.807, 2.05) is 36.4 Å². The molecule has 0 bridgehead atoms. The number of hydroxylamine groups is 1. The maximum absolute atomic E-state index is 12.9. The first-order valence-corrected chi connectivity index (χ1v) is 11.3. The second kappa shape index (κ2) is 13.6. The molecule has 3 N–H and O–H groups in total. The lowest BCUT2D eigenvalue weighted by atomic mass is 9.94. The minimum absolute atomic E-state index is 0.0222.